The number of hydrogen-bond donors (Lipinski definition) is 0. The molecular formula is C16H13F3O2. The number of halogens is 3. The molecule has 0 N–H and O–H groups in total. The minimum atomic E-state index is -4.74. The molecule has 0 bridgehead atoms. The van der Waals surface area contributed by atoms with Crippen molar-refractivity contribution < 1.29 is 22.6 Å². The van der Waals surface area contributed by atoms with E-state index in [4.69, 9.17) is 4.74 Å². The van der Waals surface area contributed by atoms with Crippen molar-refractivity contribution in [1.82, 2.24) is 0 Å². The Morgan fingerprint density at radius 2 is 1.81 bits per heavy atom. The Bertz CT molecular complexity index is 648. The van der Waals surface area contributed by atoms with Crippen LogP contribution in [0, 0.1) is 0 Å². The van der Waals surface area contributed by atoms with Crippen molar-refractivity contribution in [2.24, 2.45) is 0 Å². The standard InChI is InChI=1S/C16H13F3O2/c1-3-11-8-12(10-13(9-11)21-16(17,18)19)14-6-4-5-7-15(14)20-2/h3-10H,1H2,2H3. The molecule has 2 rings (SSSR count). The van der Waals surface area contributed by atoms with E-state index in [9.17, 15) is 13.2 Å². The van der Waals surface area contributed by atoms with E-state index in [2.05, 4.69) is 11.3 Å². The molecule has 0 amide bonds. The van der Waals surface area contributed by atoms with Gasteiger partial charge in [0, 0.05) is 5.56 Å². The monoisotopic (exact) mass is 294 g/mol. The summed E-state index contributed by atoms with van der Waals surface area (Å²) in [5.74, 6) is 0.275. The Morgan fingerprint density at radius 1 is 1.10 bits per heavy atom. The second kappa shape index (κ2) is 5.91. The molecular weight excluding hydrogens is 281 g/mol. The van der Waals surface area contributed by atoms with E-state index in [1.807, 2.05) is 0 Å². The van der Waals surface area contributed by atoms with Crippen LogP contribution in [0.1, 0.15) is 5.56 Å². The van der Waals surface area contributed by atoms with E-state index in [1.54, 1.807) is 30.3 Å². The molecule has 0 radical (unpaired) electrons. The molecule has 0 saturated carbocycles. The van der Waals surface area contributed by atoms with Gasteiger partial charge >= 0.3 is 6.36 Å². The molecule has 5 heteroatoms. The van der Waals surface area contributed by atoms with Crippen molar-refractivity contribution in [3.8, 4) is 22.6 Å². The zero-order chi connectivity index (χ0) is 15.5. The maximum Gasteiger partial charge on any atom is 0.573 e. The lowest BCUT2D eigenvalue weighted by Gasteiger charge is -2.13. The Balaban J connectivity index is 2.53. The summed E-state index contributed by atoms with van der Waals surface area (Å²) in [5.41, 5.74) is 1.76. The molecule has 0 atom stereocenters. The molecule has 0 heterocycles. The molecule has 0 aliphatic rings. The minimum absolute atomic E-state index is 0.291. The van der Waals surface area contributed by atoms with Crippen LogP contribution in [-0.2, 0) is 0 Å². The maximum atomic E-state index is 12.4. The maximum absolute atomic E-state index is 12.4. The third-order valence-corrected chi connectivity index (χ3v) is 2.82. The van der Waals surface area contributed by atoms with Gasteiger partial charge in [-0.3, -0.25) is 0 Å². The summed E-state index contributed by atoms with van der Waals surface area (Å²) in [6.07, 6.45) is -3.28. The number of methoxy groups -OCH3 is 1. The number of hydrogen-bond acceptors (Lipinski definition) is 2. The van der Waals surface area contributed by atoms with Crippen molar-refractivity contribution in [2.75, 3.05) is 7.11 Å². The summed E-state index contributed by atoms with van der Waals surface area (Å²) < 4.78 is 46.4. The van der Waals surface area contributed by atoms with Gasteiger partial charge in [-0.15, -0.1) is 13.2 Å². The van der Waals surface area contributed by atoms with Gasteiger partial charge in [0.05, 0.1) is 7.11 Å². The highest BCUT2D eigenvalue weighted by atomic mass is 19.4. The smallest absolute Gasteiger partial charge is 0.496 e. The van der Waals surface area contributed by atoms with Crippen LogP contribution in [0.5, 0.6) is 11.5 Å². The van der Waals surface area contributed by atoms with Gasteiger partial charge in [-0.05, 0) is 35.4 Å². The van der Waals surface area contributed by atoms with Crippen LogP contribution in [0.15, 0.2) is 49.0 Å². The van der Waals surface area contributed by atoms with Crippen LogP contribution >= 0.6 is 0 Å². The van der Waals surface area contributed by atoms with Crippen molar-refractivity contribution >= 4 is 6.08 Å². The van der Waals surface area contributed by atoms with Gasteiger partial charge in [-0.2, -0.15) is 0 Å². The second-order valence-electron chi connectivity index (χ2n) is 4.24. The normalized spacial score (nSPS) is 11.0. The fourth-order valence-electron chi connectivity index (χ4n) is 1.97. The predicted molar refractivity (Wildman–Crippen MR) is 75.2 cm³/mol. The van der Waals surface area contributed by atoms with Crippen LogP contribution in [0.25, 0.3) is 17.2 Å². The Morgan fingerprint density at radius 3 is 2.43 bits per heavy atom. The lowest BCUT2D eigenvalue weighted by molar-refractivity contribution is -0.274. The lowest BCUT2D eigenvalue weighted by atomic mass is 10.0. The number of ether oxygens (including phenoxy) is 2. The summed E-state index contributed by atoms with van der Waals surface area (Å²) >= 11 is 0. The number of rotatable bonds is 4. The van der Waals surface area contributed by atoms with E-state index in [0.29, 0.717) is 22.4 Å². The van der Waals surface area contributed by atoms with E-state index in [1.165, 1.54) is 25.3 Å². The summed E-state index contributed by atoms with van der Waals surface area (Å²) in [7, 11) is 1.50. The third-order valence-electron chi connectivity index (χ3n) is 2.82. The first-order valence-electron chi connectivity index (χ1n) is 6.09. The molecule has 0 saturated heterocycles. The Hall–Kier alpha value is -2.43. The molecule has 0 aromatic heterocycles. The molecule has 0 fully saturated rings. The highest BCUT2D eigenvalue weighted by Crippen LogP contribution is 2.34. The quantitative estimate of drug-likeness (QED) is 0.798. The van der Waals surface area contributed by atoms with Gasteiger partial charge in [-0.1, -0.05) is 30.9 Å². The lowest BCUT2D eigenvalue weighted by Crippen LogP contribution is -2.17. The topological polar surface area (TPSA) is 18.5 Å². The predicted octanol–water partition coefficient (Wildman–Crippen LogP) is 4.90. The molecule has 0 aliphatic heterocycles. The van der Waals surface area contributed by atoms with Crippen LogP contribution in [-0.4, -0.2) is 13.5 Å². The largest absolute Gasteiger partial charge is 0.573 e. The van der Waals surface area contributed by atoms with Gasteiger partial charge in [-0.25, -0.2) is 0 Å². The van der Waals surface area contributed by atoms with Crippen LogP contribution in [0.2, 0.25) is 0 Å². The first-order valence-corrected chi connectivity index (χ1v) is 6.09. The fourth-order valence-corrected chi connectivity index (χ4v) is 1.97. The average Bonchev–Trinajstić information content (AvgIpc) is 2.45. The van der Waals surface area contributed by atoms with E-state index in [0.717, 1.165) is 0 Å². The Labute approximate surface area is 120 Å². The third kappa shape index (κ3) is 3.78. The summed E-state index contributed by atoms with van der Waals surface area (Å²) in [4.78, 5) is 0. The van der Waals surface area contributed by atoms with E-state index in [-0.39, 0.29) is 5.75 Å². The molecule has 21 heavy (non-hydrogen) atoms. The summed E-state index contributed by atoms with van der Waals surface area (Å²) in [6.45, 7) is 3.58. The van der Waals surface area contributed by atoms with E-state index >= 15 is 0 Å². The van der Waals surface area contributed by atoms with Crippen molar-refractivity contribution in [1.29, 1.82) is 0 Å². The summed E-state index contributed by atoms with van der Waals surface area (Å²) in [6, 6.07) is 11.4. The van der Waals surface area contributed by atoms with Gasteiger partial charge in [0.2, 0.25) is 0 Å². The van der Waals surface area contributed by atoms with Crippen LogP contribution < -0.4 is 9.47 Å². The molecule has 0 unspecified atom stereocenters. The molecule has 0 spiro atoms. The van der Waals surface area contributed by atoms with Crippen molar-refractivity contribution in [3.63, 3.8) is 0 Å². The first-order chi connectivity index (χ1) is 9.93. The SMILES string of the molecule is C=Cc1cc(OC(F)(F)F)cc(-c2ccccc2OC)c1. The highest BCUT2D eigenvalue weighted by molar-refractivity contribution is 5.74. The molecule has 0 aliphatic carbocycles. The van der Waals surface area contributed by atoms with Crippen molar-refractivity contribution in [2.45, 2.75) is 6.36 Å². The highest BCUT2D eigenvalue weighted by Gasteiger charge is 2.31. The zero-order valence-corrected chi connectivity index (χ0v) is 11.3. The zero-order valence-electron chi connectivity index (χ0n) is 11.3. The molecule has 2 nitrogen and oxygen atoms in total. The number of alkyl halides is 3. The molecule has 2 aromatic carbocycles. The second-order valence-corrected chi connectivity index (χ2v) is 4.24. The number of para-hydroxylation sites is 1. The van der Waals surface area contributed by atoms with Gasteiger partial charge < -0.3 is 9.47 Å². The molecule has 2 aromatic rings. The first kappa shape index (κ1) is 15.0. The van der Waals surface area contributed by atoms with Crippen molar-refractivity contribution in [3.05, 3.63) is 54.6 Å². The summed E-state index contributed by atoms with van der Waals surface area (Å²) in [5, 5.41) is 0. The van der Waals surface area contributed by atoms with Crippen LogP contribution in [0.3, 0.4) is 0 Å². The minimum Gasteiger partial charge on any atom is -0.496 e. The molecule has 110 valence electrons. The number of benzene rings is 2. The van der Waals surface area contributed by atoms with Gasteiger partial charge in [0.25, 0.3) is 0 Å². The fraction of sp³-hybridized carbons (Fsp3) is 0.125. The van der Waals surface area contributed by atoms with Gasteiger partial charge in [0.15, 0.2) is 0 Å². The van der Waals surface area contributed by atoms with Crippen LogP contribution in [0.4, 0.5) is 13.2 Å². The van der Waals surface area contributed by atoms with E-state index < -0.39 is 6.36 Å². The Kier molecular flexibility index (Phi) is 4.21. The average molecular weight is 294 g/mol. The van der Waals surface area contributed by atoms with Gasteiger partial charge in [0.1, 0.15) is 11.5 Å².